The summed E-state index contributed by atoms with van der Waals surface area (Å²) in [5, 5.41) is 7.77. The zero-order valence-corrected chi connectivity index (χ0v) is 16.0. The Bertz CT molecular complexity index is 724. The molecule has 5 nitrogen and oxygen atoms in total. The third-order valence-corrected chi connectivity index (χ3v) is 4.77. The summed E-state index contributed by atoms with van der Waals surface area (Å²) in [5.74, 6) is 0.0207. The molecule has 0 aliphatic heterocycles. The maximum absolute atomic E-state index is 12.8. The molecule has 1 amide bonds. The van der Waals surface area contributed by atoms with Crippen LogP contribution in [-0.4, -0.2) is 47.8 Å². The molecule has 136 valence electrons. The molecule has 1 aromatic carbocycles. The standard InChI is InChI=1S/C19H26N4O.ClH/c1-4-14-8-10-15(11-9-14)23-17-7-5-6-16(17)18(21-23)19(24)22(3)13-12-20-2;/h8-11,20H,4-7,12-13H2,1-3H3;1H. The molecule has 0 saturated carbocycles. The largest absolute Gasteiger partial charge is 0.339 e. The van der Waals surface area contributed by atoms with Gasteiger partial charge in [0.05, 0.1) is 5.69 Å². The molecule has 0 spiro atoms. The number of aromatic nitrogens is 2. The molecule has 0 radical (unpaired) electrons. The smallest absolute Gasteiger partial charge is 0.274 e. The van der Waals surface area contributed by atoms with Crippen molar-refractivity contribution in [3.8, 4) is 5.69 Å². The van der Waals surface area contributed by atoms with Crippen molar-refractivity contribution in [1.29, 1.82) is 0 Å². The van der Waals surface area contributed by atoms with Crippen LogP contribution in [0.15, 0.2) is 24.3 Å². The van der Waals surface area contributed by atoms with Gasteiger partial charge in [-0.1, -0.05) is 19.1 Å². The minimum atomic E-state index is 0. The van der Waals surface area contributed by atoms with Crippen molar-refractivity contribution in [3.05, 3.63) is 46.8 Å². The molecule has 1 aliphatic rings. The fourth-order valence-electron chi connectivity index (χ4n) is 3.26. The molecule has 1 aliphatic carbocycles. The third-order valence-electron chi connectivity index (χ3n) is 4.77. The van der Waals surface area contributed by atoms with E-state index in [0.29, 0.717) is 12.2 Å². The quantitative estimate of drug-likeness (QED) is 0.859. The molecular formula is C19H27ClN4O. The highest BCUT2D eigenvalue weighted by atomic mass is 35.5. The van der Waals surface area contributed by atoms with Gasteiger partial charge in [-0.25, -0.2) is 4.68 Å². The normalized spacial score (nSPS) is 12.6. The Morgan fingerprint density at radius 2 is 2.00 bits per heavy atom. The van der Waals surface area contributed by atoms with Gasteiger partial charge in [0.15, 0.2) is 5.69 Å². The van der Waals surface area contributed by atoms with Crippen molar-refractivity contribution in [1.82, 2.24) is 20.0 Å². The molecule has 0 unspecified atom stereocenters. The van der Waals surface area contributed by atoms with E-state index in [1.807, 2.05) is 18.8 Å². The second kappa shape index (κ2) is 8.50. The van der Waals surface area contributed by atoms with Crippen LogP contribution in [0.25, 0.3) is 5.69 Å². The van der Waals surface area contributed by atoms with Crippen LogP contribution in [0.3, 0.4) is 0 Å². The molecule has 2 aromatic rings. The van der Waals surface area contributed by atoms with E-state index >= 15 is 0 Å². The van der Waals surface area contributed by atoms with Crippen LogP contribution in [0.4, 0.5) is 0 Å². The first kappa shape index (κ1) is 19.5. The molecule has 0 atom stereocenters. The highest BCUT2D eigenvalue weighted by Crippen LogP contribution is 2.28. The van der Waals surface area contributed by atoms with E-state index < -0.39 is 0 Å². The van der Waals surface area contributed by atoms with E-state index in [0.717, 1.165) is 43.5 Å². The highest BCUT2D eigenvalue weighted by molar-refractivity contribution is 5.94. The van der Waals surface area contributed by atoms with Crippen molar-refractivity contribution in [3.63, 3.8) is 0 Å². The molecule has 0 saturated heterocycles. The molecule has 3 rings (SSSR count). The van der Waals surface area contributed by atoms with Gasteiger partial charge in [-0.05, 0) is 50.4 Å². The number of carbonyl (C=O) groups excluding carboxylic acids is 1. The van der Waals surface area contributed by atoms with Gasteiger partial charge in [0.2, 0.25) is 0 Å². The molecule has 1 aromatic heterocycles. The van der Waals surface area contributed by atoms with E-state index in [-0.39, 0.29) is 18.3 Å². The lowest BCUT2D eigenvalue weighted by Gasteiger charge is -2.16. The molecule has 25 heavy (non-hydrogen) atoms. The van der Waals surface area contributed by atoms with Gasteiger partial charge in [-0.2, -0.15) is 5.10 Å². The van der Waals surface area contributed by atoms with Gasteiger partial charge < -0.3 is 10.2 Å². The first-order valence-electron chi connectivity index (χ1n) is 8.75. The number of likely N-dealkylation sites (N-methyl/N-ethyl adjacent to an activating group) is 2. The summed E-state index contributed by atoms with van der Waals surface area (Å²) in [5.41, 5.74) is 5.31. The third kappa shape index (κ3) is 3.88. The van der Waals surface area contributed by atoms with Crippen molar-refractivity contribution in [2.24, 2.45) is 0 Å². The van der Waals surface area contributed by atoms with Gasteiger partial charge in [0, 0.05) is 31.4 Å². The van der Waals surface area contributed by atoms with Crippen LogP contribution in [0.5, 0.6) is 0 Å². The van der Waals surface area contributed by atoms with E-state index in [2.05, 4.69) is 36.5 Å². The number of carbonyl (C=O) groups is 1. The summed E-state index contributed by atoms with van der Waals surface area (Å²) < 4.78 is 1.97. The average molecular weight is 363 g/mol. The number of aryl methyl sites for hydroxylation is 1. The van der Waals surface area contributed by atoms with Crippen LogP contribution < -0.4 is 5.32 Å². The molecule has 0 fully saturated rings. The van der Waals surface area contributed by atoms with Gasteiger partial charge in [0.25, 0.3) is 5.91 Å². The minimum absolute atomic E-state index is 0. The SMILES string of the molecule is CCc1ccc(-n2nc(C(=O)N(C)CCNC)c3c2CCC3)cc1.Cl. The fourth-order valence-corrected chi connectivity index (χ4v) is 3.26. The van der Waals surface area contributed by atoms with Crippen LogP contribution in [0.2, 0.25) is 0 Å². The molecule has 0 bridgehead atoms. The lowest BCUT2D eigenvalue weighted by atomic mass is 10.1. The van der Waals surface area contributed by atoms with Crippen LogP contribution in [0.1, 0.15) is 40.7 Å². The second-order valence-electron chi connectivity index (χ2n) is 6.39. The van der Waals surface area contributed by atoms with E-state index in [1.165, 1.54) is 11.3 Å². The number of benzene rings is 1. The zero-order chi connectivity index (χ0) is 17.1. The topological polar surface area (TPSA) is 50.2 Å². The molecule has 6 heteroatoms. The Labute approximate surface area is 155 Å². The number of amides is 1. The van der Waals surface area contributed by atoms with Crippen molar-refractivity contribution in [2.75, 3.05) is 27.2 Å². The van der Waals surface area contributed by atoms with Crippen LogP contribution >= 0.6 is 12.4 Å². The van der Waals surface area contributed by atoms with Crippen LogP contribution in [-0.2, 0) is 19.3 Å². The summed E-state index contributed by atoms with van der Waals surface area (Å²) in [6, 6.07) is 8.48. The Balaban J connectivity index is 0.00000225. The Kier molecular flexibility index (Phi) is 6.62. The molecule has 1 N–H and O–H groups in total. The lowest BCUT2D eigenvalue weighted by Crippen LogP contribution is -2.33. The highest BCUT2D eigenvalue weighted by Gasteiger charge is 2.28. The Morgan fingerprint density at radius 1 is 1.28 bits per heavy atom. The van der Waals surface area contributed by atoms with E-state index in [1.54, 1.807) is 4.90 Å². The Hall–Kier alpha value is -1.85. The maximum Gasteiger partial charge on any atom is 0.274 e. The number of nitrogens with one attached hydrogen (secondary N) is 1. The summed E-state index contributed by atoms with van der Waals surface area (Å²) in [4.78, 5) is 14.5. The molecule has 1 heterocycles. The van der Waals surface area contributed by atoms with Gasteiger partial charge >= 0.3 is 0 Å². The maximum atomic E-state index is 12.8. The van der Waals surface area contributed by atoms with Gasteiger partial charge in [-0.15, -0.1) is 12.4 Å². The number of hydrogen-bond acceptors (Lipinski definition) is 3. The van der Waals surface area contributed by atoms with Crippen LogP contribution in [0, 0.1) is 0 Å². The minimum Gasteiger partial charge on any atom is -0.339 e. The molecular weight excluding hydrogens is 336 g/mol. The first-order chi connectivity index (χ1) is 11.7. The van der Waals surface area contributed by atoms with Gasteiger partial charge in [-0.3, -0.25) is 4.79 Å². The number of hydrogen-bond donors (Lipinski definition) is 1. The number of fused-ring (bicyclic) bond motifs is 1. The summed E-state index contributed by atoms with van der Waals surface area (Å²) in [7, 11) is 3.74. The number of halogens is 1. The van der Waals surface area contributed by atoms with Crippen molar-refractivity contribution >= 4 is 18.3 Å². The van der Waals surface area contributed by atoms with E-state index in [9.17, 15) is 4.79 Å². The monoisotopic (exact) mass is 362 g/mol. The van der Waals surface area contributed by atoms with E-state index in [4.69, 9.17) is 5.10 Å². The predicted octanol–water partition coefficient (Wildman–Crippen LogP) is 2.64. The average Bonchev–Trinajstić information content (AvgIpc) is 3.21. The summed E-state index contributed by atoms with van der Waals surface area (Å²) in [6.45, 7) is 3.62. The second-order valence-corrected chi connectivity index (χ2v) is 6.39. The zero-order valence-electron chi connectivity index (χ0n) is 15.2. The number of nitrogens with zero attached hydrogens (tertiary/aromatic N) is 3. The Morgan fingerprint density at radius 3 is 2.64 bits per heavy atom. The fraction of sp³-hybridized carbons (Fsp3) is 0.474. The first-order valence-corrected chi connectivity index (χ1v) is 8.75. The predicted molar refractivity (Wildman–Crippen MR) is 103 cm³/mol. The summed E-state index contributed by atoms with van der Waals surface area (Å²) in [6.07, 6.45) is 4.06. The van der Waals surface area contributed by atoms with Gasteiger partial charge in [0.1, 0.15) is 0 Å². The van der Waals surface area contributed by atoms with Crippen molar-refractivity contribution in [2.45, 2.75) is 32.6 Å². The number of rotatable bonds is 6. The van der Waals surface area contributed by atoms with Crippen molar-refractivity contribution < 1.29 is 4.79 Å². The summed E-state index contributed by atoms with van der Waals surface area (Å²) >= 11 is 0. The lowest BCUT2D eigenvalue weighted by molar-refractivity contribution is 0.0789.